The average molecular weight is 313 g/mol. The molecule has 0 radical (unpaired) electrons. The fraction of sp³-hybridized carbons (Fsp3) is 0.562. The van der Waals surface area contributed by atoms with Crippen molar-refractivity contribution in [1.29, 1.82) is 0 Å². The summed E-state index contributed by atoms with van der Waals surface area (Å²) in [6, 6.07) is 3.43. The second-order valence-electron chi connectivity index (χ2n) is 5.71. The number of carbonyl (C=O) groups is 1. The molecule has 2 rings (SSSR count). The third-order valence-electron chi connectivity index (χ3n) is 3.47. The van der Waals surface area contributed by atoms with Gasteiger partial charge in [-0.3, -0.25) is 4.79 Å². The summed E-state index contributed by atoms with van der Waals surface area (Å²) in [5.74, 6) is 0.646. The van der Waals surface area contributed by atoms with Crippen LogP contribution in [0.3, 0.4) is 0 Å². The fourth-order valence-corrected chi connectivity index (χ4v) is 2.83. The molecule has 0 amide bonds. The van der Waals surface area contributed by atoms with Crippen molar-refractivity contribution < 1.29 is 19.4 Å². The number of rotatable bonds is 6. The summed E-state index contributed by atoms with van der Waals surface area (Å²) in [5.41, 5.74) is 1.42. The Morgan fingerprint density at radius 3 is 2.76 bits per heavy atom. The first kappa shape index (κ1) is 16.3. The van der Waals surface area contributed by atoms with E-state index >= 15 is 0 Å². The molecule has 1 aliphatic rings. The summed E-state index contributed by atoms with van der Waals surface area (Å²) in [4.78, 5) is 12.1. The van der Waals surface area contributed by atoms with Crippen molar-refractivity contribution in [2.75, 3.05) is 13.2 Å². The highest BCUT2D eigenvalue weighted by Gasteiger charge is 2.31. The van der Waals surface area contributed by atoms with Gasteiger partial charge in [-0.2, -0.15) is 0 Å². The van der Waals surface area contributed by atoms with Crippen LogP contribution in [0, 0.1) is 0 Å². The summed E-state index contributed by atoms with van der Waals surface area (Å²) in [6.45, 7) is 6.07. The minimum Gasteiger partial charge on any atom is -0.490 e. The highest BCUT2D eigenvalue weighted by Crippen LogP contribution is 2.42. The number of Topliss-reactive ketones (excluding diaryl/α,β-unsaturated/α-hetero) is 1. The molecule has 1 N–H and O–H groups in total. The van der Waals surface area contributed by atoms with Crippen LogP contribution in [0.5, 0.6) is 5.75 Å². The number of aliphatic hydroxyl groups is 1. The third kappa shape index (κ3) is 3.76. The first-order valence-electron chi connectivity index (χ1n) is 7.18. The van der Waals surface area contributed by atoms with Gasteiger partial charge in [-0.15, -0.1) is 0 Å². The van der Waals surface area contributed by atoms with E-state index in [0.29, 0.717) is 22.8 Å². The van der Waals surface area contributed by atoms with E-state index < -0.39 is 6.10 Å². The van der Waals surface area contributed by atoms with Crippen LogP contribution < -0.4 is 4.74 Å². The first-order chi connectivity index (χ1) is 9.90. The topological polar surface area (TPSA) is 55.8 Å². The monoisotopic (exact) mass is 312 g/mol. The summed E-state index contributed by atoms with van der Waals surface area (Å²) in [5, 5.41) is 10.4. The van der Waals surface area contributed by atoms with E-state index in [0.717, 1.165) is 5.56 Å². The lowest BCUT2D eigenvalue weighted by Crippen LogP contribution is -2.25. The molecule has 5 heteroatoms. The Morgan fingerprint density at radius 2 is 2.10 bits per heavy atom. The number of halogens is 1. The fourth-order valence-electron chi connectivity index (χ4n) is 2.48. The van der Waals surface area contributed by atoms with Crippen molar-refractivity contribution in [2.45, 2.75) is 45.3 Å². The summed E-state index contributed by atoms with van der Waals surface area (Å²) in [6.07, 6.45) is -0.219. The van der Waals surface area contributed by atoms with Crippen molar-refractivity contribution >= 4 is 17.4 Å². The number of hydrogen-bond acceptors (Lipinski definition) is 4. The summed E-state index contributed by atoms with van der Waals surface area (Å²) >= 11 is 6.17. The Labute approximate surface area is 130 Å². The van der Waals surface area contributed by atoms with E-state index in [-0.39, 0.29) is 31.0 Å². The molecule has 4 nitrogen and oxygen atoms in total. The van der Waals surface area contributed by atoms with Crippen LogP contribution in [-0.4, -0.2) is 36.3 Å². The number of benzene rings is 1. The van der Waals surface area contributed by atoms with Gasteiger partial charge < -0.3 is 14.6 Å². The highest BCUT2D eigenvalue weighted by atomic mass is 35.5. The van der Waals surface area contributed by atoms with Gasteiger partial charge in [0.1, 0.15) is 18.5 Å². The van der Waals surface area contributed by atoms with Gasteiger partial charge in [-0.1, -0.05) is 18.5 Å². The molecule has 0 saturated carbocycles. The number of ether oxygens (including phenoxy) is 2. The average Bonchev–Trinajstić information content (AvgIpc) is 2.72. The van der Waals surface area contributed by atoms with Gasteiger partial charge in [0.25, 0.3) is 0 Å². The lowest BCUT2D eigenvalue weighted by Gasteiger charge is -2.16. The van der Waals surface area contributed by atoms with E-state index in [1.807, 2.05) is 20.8 Å². The molecule has 1 aromatic carbocycles. The smallest absolute Gasteiger partial charge is 0.167 e. The van der Waals surface area contributed by atoms with Gasteiger partial charge in [0.15, 0.2) is 5.78 Å². The highest BCUT2D eigenvalue weighted by molar-refractivity contribution is 6.32. The maximum absolute atomic E-state index is 12.1. The van der Waals surface area contributed by atoms with E-state index in [9.17, 15) is 9.90 Å². The maximum atomic E-state index is 12.1. The molecule has 0 unspecified atom stereocenters. The predicted octanol–water partition coefficient (Wildman–Crippen LogP) is 3.19. The second-order valence-corrected chi connectivity index (χ2v) is 6.12. The van der Waals surface area contributed by atoms with Gasteiger partial charge in [-0.05, 0) is 37.5 Å². The molecular weight excluding hydrogens is 292 g/mol. The number of aliphatic hydroxyl groups excluding tert-OH is 1. The molecule has 0 spiro atoms. The van der Waals surface area contributed by atoms with Gasteiger partial charge in [0, 0.05) is 11.4 Å². The standard InChI is InChI=1S/C16H21ClO4/c1-9(2)20-7-11(18)8-21-14-5-4-12(17)15-10(3)6-13(19)16(14)15/h4-5,9-11,18H,6-8H2,1-3H3/t10-,11+/m0/s1. The lowest BCUT2D eigenvalue weighted by atomic mass is 10.0. The Balaban J connectivity index is 2.07. The normalized spacial score (nSPS) is 19.0. The van der Waals surface area contributed by atoms with Crippen LogP contribution in [0.25, 0.3) is 0 Å². The van der Waals surface area contributed by atoms with E-state index in [2.05, 4.69) is 0 Å². The maximum Gasteiger partial charge on any atom is 0.167 e. The van der Waals surface area contributed by atoms with Crippen molar-refractivity contribution in [3.8, 4) is 5.75 Å². The molecule has 0 aliphatic heterocycles. The van der Waals surface area contributed by atoms with Crippen molar-refractivity contribution in [2.24, 2.45) is 0 Å². The quantitative estimate of drug-likeness (QED) is 0.876. The predicted molar refractivity (Wildman–Crippen MR) is 81.4 cm³/mol. The third-order valence-corrected chi connectivity index (χ3v) is 3.80. The van der Waals surface area contributed by atoms with Crippen LogP contribution in [0.1, 0.15) is 49.0 Å². The van der Waals surface area contributed by atoms with Crippen LogP contribution >= 0.6 is 11.6 Å². The first-order valence-corrected chi connectivity index (χ1v) is 7.56. The zero-order valence-corrected chi connectivity index (χ0v) is 13.3. The van der Waals surface area contributed by atoms with Crippen molar-refractivity contribution in [1.82, 2.24) is 0 Å². The number of ketones is 1. The summed E-state index contributed by atoms with van der Waals surface area (Å²) in [7, 11) is 0. The molecule has 0 fully saturated rings. The molecule has 0 aromatic heterocycles. The molecule has 0 bridgehead atoms. The van der Waals surface area contributed by atoms with Crippen LogP contribution in [0.2, 0.25) is 5.02 Å². The molecule has 2 atom stereocenters. The van der Waals surface area contributed by atoms with Crippen molar-refractivity contribution in [3.63, 3.8) is 0 Å². The minimum absolute atomic E-state index is 0.0444. The SMILES string of the molecule is CC(C)OC[C@@H](O)COc1ccc(Cl)c2c1C(=O)C[C@@H]2C. The molecular formula is C16H21ClO4. The van der Waals surface area contributed by atoms with Gasteiger partial charge in [0.05, 0.1) is 18.3 Å². The lowest BCUT2D eigenvalue weighted by molar-refractivity contribution is -0.0123. The van der Waals surface area contributed by atoms with Crippen LogP contribution in [-0.2, 0) is 4.74 Å². The zero-order valence-electron chi connectivity index (χ0n) is 12.6. The minimum atomic E-state index is -0.729. The number of hydrogen-bond donors (Lipinski definition) is 1. The molecule has 1 aromatic rings. The molecule has 21 heavy (non-hydrogen) atoms. The Morgan fingerprint density at radius 1 is 1.38 bits per heavy atom. The Hall–Kier alpha value is -1.10. The largest absolute Gasteiger partial charge is 0.490 e. The Bertz CT molecular complexity index is 527. The molecule has 116 valence electrons. The number of carbonyl (C=O) groups excluding carboxylic acids is 1. The van der Waals surface area contributed by atoms with E-state index in [1.54, 1.807) is 12.1 Å². The van der Waals surface area contributed by atoms with E-state index in [1.165, 1.54) is 0 Å². The Kier molecular flexibility index (Phi) is 5.25. The zero-order chi connectivity index (χ0) is 15.6. The molecule has 0 saturated heterocycles. The molecule has 1 aliphatic carbocycles. The summed E-state index contributed by atoms with van der Waals surface area (Å²) < 4.78 is 10.9. The molecule has 0 heterocycles. The van der Waals surface area contributed by atoms with Crippen LogP contribution in [0.15, 0.2) is 12.1 Å². The van der Waals surface area contributed by atoms with Gasteiger partial charge in [-0.25, -0.2) is 0 Å². The van der Waals surface area contributed by atoms with Crippen LogP contribution in [0.4, 0.5) is 0 Å². The van der Waals surface area contributed by atoms with Crippen molar-refractivity contribution in [3.05, 3.63) is 28.3 Å². The van der Waals surface area contributed by atoms with Gasteiger partial charge >= 0.3 is 0 Å². The number of fused-ring (bicyclic) bond motifs is 1. The van der Waals surface area contributed by atoms with E-state index in [4.69, 9.17) is 21.1 Å². The van der Waals surface area contributed by atoms with Gasteiger partial charge in [0.2, 0.25) is 0 Å². The second kappa shape index (κ2) is 6.77.